The third-order valence-corrected chi connectivity index (χ3v) is 6.07. The van der Waals surface area contributed by atoms with Crippen molar-refractivity contribution in [1.82, 2.24) is 20.0 Å². The average molecular weight is 415 g/mol. The highest BCUT2D eigenvalue weighted by Gasteiger charge is 2.32. The maximum absolute atomic E-state index is 13.1. The second-order valence-corrected chi connectivity index (χ2v) is 8.46. The number of carbonyl (C=O) groups excluding carboxylic acids is 2. The first-order valence-electron chi connectivity index (χ1n) is 10.9. The molecule has 0 radical (unpaired) electrons. The van der Waals surface area contributed by atoms with Gasteiger partial charge in [-0.05, 0) is 36.3 Å². The molecule has 2 amide bonds. The smallest absolute Gasteiger partial charge is 0.272 e. The Morgan fingerprint density at radius 2 is 1.74 bits per heavy atom. The van der Waals surface area contributed by atoms with E-state index in [2.05, 4.69) is 22.5 Å². The zero-order chi connectivity index (χ0) is 21.2. The van der Waals surface area contributed by atoms with Crippen molar-refractivity contribution < 1.29 is 9.59 Å². The van der Waals surface area contributed by atoms with Crippen molar-refractivity contribution in [3.05, 3.63) is 89.2 Å². The van der Waals surface area contributed by atoms with Crippen molar-refractivity contribution in [2.75, 3.05) is 13.1 Å². The molecule has 1 atom stereocenters. The first-order valence-corrected chi connectivity index (χ1v) is 10.9. The summed E-state index contributed by atoms with van der Waals surface area (Å²) in [5, 5.41) is 7.58. The quantitative estimate of drug-likeness (QED) is 0.644. The Morgan fingerprint density at radius 3 is 2.45 bits per heavy atom. The SMILES string of the molecule is O=C(NC(Cc1ccccc1)c1ccccc1)c1cc2n(n1)CCN(CC1CC1)C2=O. The summed E-state index contributed by atoms with van der Waals surface area (Å²) in [5.74, 6) is 0.368. The maximum Gasteiger partial charge on any atom is 0.272 e. The van der Waals surface area contributed by atoms with Crippen LogP contribution in [0.4, 0.5) is 0 Å². The Morgan fingerprint density at radius 1 is 1.03 bits per heavy atom. The molecule has 0 bridgehead atoms. The van der Waals surface area contributed by atoms with Gasteiger partial charge in [-0.15, -0.1) is 0 Å². The standard InChI is InChI=1S/C25H26N4O2/c30-24(22-16-23-25(31)28(17-19-11-12-19)13-14-29(23)27-22)26-21(20-9-5-2-6-10-20)15-18-7-3-1-4-8-18/h1-10,16,19,21H,11-15,17H2,(H,26,30). The summed E-state index contributed by atoms with van der Waals surface area (Å²) in [7, 11) is 0. The van der Waals surface area contributed by atoms with E-state index < -0.39 is 0 Å². The van der Waals surface area contributed by atoms with Gasteiger partial charge in [0.1, 0.15) is 5.69 Å². The Labute approximate surface area is 181 Å². The molecular formula is C25H26N4O2. The molecule has 2 aliphatic rings. The van der Waals surface area contributed by atoms with Crippen molar-refractivity contribution in [1.29, 1.82) is 0 Å². The molecule has 6 nitrogen and oxygen atoms in total. The number of hydrogen-bond acceptors (Lipinski definition) is 3. The number of nitrogens with zero attached hydrogens (tertiary/aromatic N) is 3. The Kier molecular flexibility index (Phi) is 5.28. The molecule has 2 aromatic carbocycles. The van der Waals surface area contributed by atoms with E-state index in [1.807, 2.05) is 53.4 Å². The van der Waals surface area contributed by atoms with Gasteiger partial charge in [-0.25, -0.2) is 0 Å². The lowest BCUT2D eigenvalue weighted by Gasteiger charge is -2.27. The number of rotatable bonds is 7. The fourth-order valence-electron chi connectivity index (χ4n) is 4.16. The molecule has 5 rings (SSSR count). The van der Waals surface area contributed by atoms with Gasteiger partial charge >= 0.3 is 0 Å². The highest BCUT2D eigenvalue weighted by atomic mass is 16.2. The summed E-state index contributed by atoms with van der Waals surface area (Å²) in [5.41, 5.74) is 2.99. The normalized spacial score (nSPS) is 16.6. The molecule has 0 saturated heterocycles. The summed E-state index contributed by atoms with van der Waals surface area (Å²) in [4.78, 5) is 27.8. The molecule has 31 heavy (non-hydrogen) atoms. The number of aromatic nitrogens is 2. The number of nitrogens with one attached hydrogen (secondary N) is 1. The van der Waals surface area contributed by atoms with E-state index in [1.165, 1.54) is 12.8 Å². The number of benzene rings is 2. The predicted molar refractivity (Wildman–Crippen MR) is 118 cm³/mol. The largest absolute Gasteiger partial charge is 0.344 e. The lowest BCUT2D eigenvalue weighted by atomic mass is 9.98. The number of carbonyl (C=O) groups is 2. The first-order chi connectivity index (χ1) is 15.2. The van der Waals surface area contributed by atoms with Crippen LogP contribution in [0, 0.1) is 5.92 Å². The highest BCUT2D eigenvalue weighted by molar-refractivity contribution is 5.98. The van der Waals surface area contributed by atoms with E-state index in [0.717, 1.165) is 17.7 Å². The van der Waals surface area contributed by atoms with E-state index in [1.54, 1.807) is 10.7 Å². The fraction of sp³-hybridized carbons (Fsp3) is 0.320. The Bertz CT molecular complexity index is 1070. The number of amides is 2. The molecule has 1 unspecified atom stereocenters. The minimum atomic E-state index is -0.256. The summed E-state index contributed by atoms with van der Waals surface area (Å²) < 4.78 is 1.68. The van der Waals surface area contributed by atoms with Crippen LogP contribution in [0.1, 0.15) is 51.0 Å². The van der Waals surface area contributed by atoms with Gasteiger partial charge in [-0.2, -0.15) is 5.10 Å². The molecule has 1 fully saturated rings. The highest BCUT2D eigenvalue weighted by Crippen LogP contribution is 2.31. The van der Waals surface area contributed by atoms with Crippen LogP contribution in [0.25, 0.3) is 0 Å². The van der Waals surface area contributed by atoms with E-state index in [4.69, 9.17) is 0 Å². The van der Waals surface area contributed by atoms with Gasteiger partial charge in [0, 0.05) is 19.2 Å². The average Bonchev–Trinajstić information content (AvgIpc) is 3.51. The lowest BCUT2D eigenvalue weighted by Crippen LogP contribution is -2.41. The molecule has 3 aromatic rings. The molecule has 1 aromatic heterocycles. The van der Waals surface area contributed by atoms with Crippen LogP contribution in [0.5, 0.6) is 0 Å². The van der Waals surface area contributed by atoms with E-state index in [-0.39, 0.29) is 17.9 Å². The van der Waals surface area contributed by atoms with Crippen molar-refractivity contribution in [3.8, 4) is 0 Å². The zero-order valence-electron chi connectivity index (χ0n) is 17.4. The monoisotopic (exact) mass is 414 g/mol. The van der Waals surface area contributed by atoms with Gasteiger partial charge in [0.05, 0.1) is 12.6 Å². The minimum absolute atomic E-state index is 0.0198. The van der Waals surface area contributed by atoms with Gasteiger partial charge < -0.3 is 10.2 Å². The van der Waals surface area contributed by atoms with Crippen LogP contribution in [0.15, 0.2) is 66.7 Å². The first kappa shape index (κ1) is 19.5. The van der Waals surface area contributed by atoms with Crippen LogP contribution in [0.3, 0.4) is 0 Å². The zero-order valence-corrected chi connectivity index (χ0v) is 17.4. The number of fused-ring (bicyclic) bond motifs is 1. The van der Waals surface area contributed by atoms with Crippen molar-refractivity contribution >= 4 is 11.8 Å². The molecular weight excluding hydrogens is 388 g/mol. The Hall–Kier alpha value is -3.41. The molecule has 1 N–H and O–H groups in total. The molecule has 1 saturated carbocycles. The third kappa shape index (κ3) is 4.38. The molecule has 158 valence electrons. The van der Waals surface area contributed by atoms with Crippen molar-refractivity contribution in [3.63, 3.8) is 0 Å². The predicted octanol–water partition coefficient (Wildman–Crippen LogP) is 3.46. The van der Waals surface area contributed by atoms with Crippen LogP contribution in [0.2, 0.25) is 0 Å². The van der Waals surface area contributed by atoms with E-state index in [0.29, 0.717) is 36.8 Å². The van der Waals surface area contributed by atoms with Crippen molar-refractivity contribution in [2.45, 2.75) is 31.8 Å². The summed E-state index contributed by atoms with van der Waals surface area (Å²) in [6.45, 7) is 2.11. The van der Waals surface area contributed by atoms with Gasteiger partial charge in [0.2, 0.25) is 0 Å². The summed E-state index contributed by atoms with van der Waals surface area (Å²) in [6, 6.07) is 21.5. The lowest BCUT2D eigenvalue weighted by molar-refractivity contribution is 0.0688. The molecule has 0 spiro atoms. The molecule has 2 heterocycles. The van der Waals surface area contributed by atoms with Crippen molar-refractivity contribution in [2.24, 2.45) is 5.92 Å². The fourth-order valence-corrected chi connectivity index (χ4v) is 4.16. The number of hydrogen-bond donors (Lipinski definition) is 1. The molecule has 6 heteroatoms. The molecule has 1 aliphatic carbocycles. The van der Waals surface area contributed by atoms with E-state index >= 15 is 0 Å². The molecule has 1 aliphatic heterocycles. The van der Waals surface area contributed by atoms with Crippen LogP contribution >= 0.6 is 0 Å². The second kappa shape index (κ2) is 8.38. The minimum Gasteiger partial charge on any atom is -0.344 e. The van der Waals surface area contributed by atoms with Crippen LogP contribution in [-0.4, -0.2) is 39.6 Å². The maximum atomic E-state index is 13.1. The summed E-state index contributed by atoms with van der Waals surface area (Å²) in [6.07, 6.45) is 3.09. The van der Waals surface area contributed by atoms with Crippen LogP contribution < -0.4 is 5.32 Å². The second-order valence-electron chi connectivity index (χ2n) is 8.46. The Balaban J connectivity index is 1.34. The third-order valence-electron chi connectivity index (χ3n) is 6.07. The van der Waals surface area contributed by atoms with Crippen LogP contribution in [-0.2, 0) is 13.0 Å². The van der Waals surface area contributed by atoms with Gasteiger partial charge in [0.25, 0.3) is 11.8 Å². The topological polar surface area (TPSA) is 67.2 Å². The van der Waals surface area contributed by atoms with Gasteiger partial charge in [-0.3, -0.25) is 14.3 Å². The van der Waals surface area contributed by atoms with Gasteiger partial charge in [0.15, 0.2) is 5.69 Å². The summed E-state index contributed by atoms with van der Waals surface area (Å²) >= 11 is 0. The van der Waals surface area contributed by atoms with Gasteiger partial charge in [-0.1, -0.05) is 60.7 Å². The van der Waals surface area contributed by atoms with E-state index in [9.17, 15) is 9.59 Å².